The molecule has 0 spiro atoms. The molecule has 0 bridgehead atoms. The second kappa shape index (κ2) is 4.98. The minimum Gasteiger partial charge on any atom is -0.398 e. The SMILES string of the molecule is Cc1cc2c(cc1N)N(Cc1cccc(F)c1Cl)CC2. The molecule has 0 saturated heterocycles. The molecular weight excluding hydrogens is 275 g/mol. The van der Waals surface area contributed by atoms with Crippen LogP contribution in [0.5, 0.6) is 0 Å². The summed E-state index contributed by atoms with van der Waals surface area (Å²) in [6.07, 6.45) is 0.989. The van der Waals surface area contributed by atoms with Gasteiger partial charge < -0.3 is 10.6 Å². The zero-order valence-electron chi connectivity index (χ0n) is 11.3. The highest BCUT2D eigenvalue weighted by Gasteiger charge is 2.21. The Morgan fingerprint density at radius 3 is 2.95 bits per heavy atom. The number of hydrogen-bond acceptors (Lipinski definition) is 2. The van der Waals surface area contributed by atoms with Crippen LogP contribution in [-0.2, 0) is 13.0 Å². The zero-order chi connectivity index (χ0) is 14.3. The third-order valence-corrected chi connectivity index (χ3v) is 4.28. The minimum atomic E-state index is -0.369. The van der Waals surface area contributed by atoms with Crippen LogP contribution >= 0.6 is 11.6 Å². The molecule has 104 valence electrons. The summed E-state index contributed by atoms with van der Waals surface area (Å²) in [4.78, 5) is 2.20. The first kappa shape index (κ1) is 13.3. The van der Waals surface area contributed by atoms with E-state index in [1.165, 1.54) is 11.6 Å². The smallest absolute Gasteiger partial charge is 0.142 e. The van der Waals surface area contributed by atoms with E-state index in [1.807, 2.05) is 19.1 Å². The number of nitrogens with zero attached hydrogens (tertiary/aromatic N) is 1. The van der Waals surface area contributed by atoms with Crippen molar-refractivity contribution < 1.29 is 4.39 Å². The highest BCUT2D eigenvalue weighted by molar-refractivity contribution is 6.31. The van der Waals surface area contributed by atoms with Crippen LogP contribution in [0.4, 0.5) is 15.8 Å². The van der Waals surface area contributed by atoms with Crippen LogP contribution in [0.3, 0.4) is 0 Å². The third kappa shape index (κ3) is 2.22. The molecular formula is C16H16ClFN2. The molecule has 4 heteroatoms. The maximum atomic E-state index is 13.5. The van der Waals surface area contributed by atoms with E-state index in [1.54, 1.807) is 6.07 Å². The van der Waals surface area contributed by atoms with Gasteiger partial charge >= 0.3 is 0 Å². The summed E-state index contributed by atoms with van der Waals surface area (Å²) in [6, 6.07) is 9.08. The van der Waals surface area contributed by atoms with Crippen molar-refractivity contribution in [2.24, 2.45) is 0 Å². The number of nitrogen functional groups attached to an aromatic ring is 1. The Morgan fingerprint density at radius 2 is 2.15 bits per heavy atom. The van der Waals surface area contributed by atoms with Gasteiger partial charge in [0.15, 0.2) is 0 Å². The lowest BCUT2D eigenvalue weighted by Gasteiger charge is -2.21. The van der Waals surface area contributed by atoms with Gasteiger partial charge in [0.2, 0.25) is 0 Å². The summed E-state index contributed by atoms with van der Waals surface area (Å²) in [5, 5.41) is 0.209. The molecule has 0 saturated carbocycles. The maximum absolute atomic E-state index is 13.5. The summed E-state index contributed by atoms with van der Waals surface area (Å²) in [5.74, 6) is -0.369. The van der Waals surface area contributed by atoms with Gasteiger partial charge in [-0.3, -0.25) is 0 Å². The Labute approximate surface area is 123 Å². The van der Waals surface area contributed by atoms with Gasteiger partial charge in [0.1, 0.15) is 5.82 Å². The largest absolute Gasteiger partial charge is 0.398 e. The van der Waals surface area contributed by atoms with Crippen LogP contribution in [0.25, 0.3) is 0 Å². The third-order valence-electron chi connectivity index (χ3n) is 3.85. The minimum absolute atomic E-state index is 0.209. The van der Waals surface area contributed by atoms with Crippen LogP contribution in [0, 0.1) is 12.7 Å². The van der Waals surface area contributed by atoms with Crippen molar-refractivity contribution in [3.05, 3.63) is 57.9 Å². The number of aryl methyl sites for hydroxylation is 1. The lowest BCUT2D eigenvalue weighted by atomic mass is 10.1. The van der Waals surface area contributed by atoms with Crippen molar-refractivity contribution in [3.63, 3.8) is 0 Å². The fourth-order valence-corrected chi connectivity index (χ4v) is 2.87. The summed E-state index contributed by atoms with van der Waals surface area (Å²) in [5.41, 5.74) is 11.1. The molecule has 2 aromatic rings. The van der Waals surface area contributed by atoms with Crippen molar-refractivity contribution in [1.82, 2.24) is 0 Å². The molecule has 0 aliphatic carbocycles. The average Bonchev–Trinajstić information content (AvgIpc) is 2.78. The number of anilines is 2. The van der Waals surface area contributed by atoms with Crippen molar-refractivity contribution in [2.45, 2.75) is 19.9 Å². The fraction of sp³-hybridized carbons (Fsp3) is 0.250. The molecule has 1 aliphatic rings. The van der Waals surface area contributed by atoms with E-state index >= 15 is 0 Å². The number of fused-ring (bicyclic) bond motifs is 1. The van der Waals surface area contributed by atoms with Crippen molar-refractivity contribution in [2.75, 3.05) is 17.2 Å². The van der Waals surface area contributed by atoms with Gasteiger partial charge in [-0.1, -0.05) is 29.8 Å². The molecule has 0 aromatic heterocycles. The Bertz CT molecular complexity index is 670. The van der Waals surface area contributed by atoms with Crippen molar-refractivity contribution in [3.8, 4) is 0 Å². The molecule has 2 aromatic carbocycles. The van der Waals surface area contributed by atoms with Gasteiger partial charge in [-0.25, -0.2) is 4.39 Å². The standard InChI is InChI=1S/C16H16ClFN2/c1-10-7-11-5-6-20(15(11)8-14(10)19)9-12-3-2-4-13(18)16(12)17/h2-4,7-8H,5-6,9,19H2,1H3. The van der Waals surface area contributed by atoms with Gasteiger partial charge in [-0.05, 0) is 42.2 Å². The number of rotatable bonds is 2. The molecule has 1 aliphatic heterocycles. The lowest BCUT2D eigenvalue weighted by molar-refractivity contribution is 0.625. The van der Waals surface area contributed by atoms with Gasteiger partial charge in [0.05, 0.1) is 5.02 Å². The second-order valence-corrected chi connectivity index (χ2v) is 5.60. The highest BCUT2D eigenvalue weighted by Crippen LogP contribution is 2.34. The van der Waals surface area contributed by atoms with Gasteiger partial charge in [0.25, 0.3) is 0 Å². The van der Waals surface area contributed by atoms with E-state index in [2.05, 4.69) is 11.0 Å². The van der Waals surface area contributed by atoms with Crippen LogP contribution in [0.15, 0.2) is 30.3 Å². The normalized spacial score (nSPS) is 13.7. The second-order valence-electron chi connectivity index (χ2n) is 5.22. The van der Waals surface area contributed by atoms with Crippen LogP contribution in [-0.4, -0.2) is 6.54 Å². The molecule has 0 fully saturated rings. The summed E-state index contributed by atoms with van der Waals surface area (Å²) in [6.45, 7) is 3.53. The molecule has 0 atom stereocenters. The van der Waals surface area contributed by atoms with E-state index in [-0.39, 0.29) is 10.8 Å². The predicted octanol–water partition coefficient (Wildman–Crippen LogP) is 3.93. The molecule has 1 heterocycles. The molecule has 0 amide bonds. The van der Waals surface area contributed by atoms with E-state index in [4.69, 9.17) is 17.3 Å². The van der Waals surface area contributed by atoms with Crippen molar-refractivity contribution in [1.29, 1.82) is 0 Å². The van der Waals surface area contributed by atoms with Crippen LogP contribution in [0.1, 0.15) is 16.7 Å². The lowest BCUT2D eigenvalue weighted by Crippen LogP contribution is -2.20. The Kier molecular flexibility index (Phi) is 3.30. The summed E-state index contributed by atoms with van der Waals surface area (Å²) in [7, 11) is 0. The van der Waals surface area contributed by atoms with E-state index in [9.17, 15) is 4.39 Å². The first-order valence-electron chi connectivity index (χ1n) is 6.63. The average molecular weight is 291 g/mol. The van der Waals surface area contributed by atoms with Gasteiger partial charge in [-0.15, -0.1) is 0 Å². The quantitative estimate of drug-likeness (QED) is 0.849. The molecule has 3 rings (SSSR count). The van der Waals surface area contributed by atoms with Crippen LogP contribution < -0.4 is 10.6 Å². The van der Waals surface area contributed by atoms with Crippen molar-refractivity contribution >= 4 is 23.0 Å². The highest BCUT2D eigenvalue weighted by atomic mass is 35.5. The number of hydrogen-bond donors (Lipinski definition) is 1. The first-order chi connectivity index (χ1) is 9.56. The Balaban J connectivity index is 1.92. The topological polar surface area (TPSA) is 29.3 Å². The molecule has 0 radical (unpaired) electrons. The molecule has 0 unspecified atom stereocenters. The molecule has 20 heavy (non-hydrogen) atoms. The first-order valence-corrected chi connectivity index (χ1v) is 7.01. The molecule has 2 nitrogen and oxygen atoms in total. The van der Waals surface area contributed by atoms with Gasteiger partial charge in [0, 0.05) is 24.5 Å². The predicted molar refractivity (Wildman–Crippen MR) is 81.8 cm³/mol. The number of nitrogens with two attached hydrogens (primary N) is 1. The zero-order valence-corrected chi connectivity index (χ0v) is 12.0. The van der Waals surface area contributed by atoms with Gasteiger partial charge in [-0.2, -0.15) is 0 Å². The van der Waals surface area contributed by atoms with E-state index < -0.39 is 0 Å². The summed E-state index contributed by atoms with van der Waals surface area (Å²) < 4.78 is 13.5. The fourth-order valence-electron chi connectivity index (χ4n) is 2.68. The summed E-state index contributed by atoms with van der Waals surface area (Å²) >= 11 is 6.03. The number of halogens is 2. The van der Waals surface area contributed by atoms with Crippen LogP contribution in [0.2, 0.25) is 5.02 Å². The maximum Gasteiger partial charge on any atom is 0.142 e. The molecule has 2 N–H and O–H groups in total. The Hall–Kier alpha value is -1.74. The number of benzene rings is 2. The van der Waals surface area contributed by atoms with E-state index in [0.29, 0.717) is 6.54 Å². The van der Waals surface area contributed by atoms with E-state index in [0.717, 1.165) is 35.5 Å². The monoisotopic (exact) mass is 290 g/mol. The Morgan fingerprint density at radius 1 is 1.35 bits per heavy atom.